The van der Waals surface area contributed by atoms with Crippen molar-refractivity contribution >= 4 is 23.3 Å². The number of amides is 1. The van der Waals surface area contributed by atoms with Crippen LogP contribution in [0.15, 0.2) is 30.3 Å². The number of esters is 1. The topological polar surface area (TPSA) is 117 Å². The number of nitrogens with zero attached hydrogens (tertiary/aromatic N) is 1. The number of aryl methyl sites for hydroxylation is 2. The minimum atomic E-state index is -1.17. The first-order valence-corrected chi connectivity index (χ1v) is 9.38. The lowest BCUT2D eigenvalue weighted by Gasteiger charge is -2.15. The van der Waals surface area contributed by atoms with E-state index in [4.69, 9.17) is 14.2 Å². The van der Waals surface area contributed by atoms with Gasteiger partial charge < -0.3 is 19.5 Å². The Kier molecular flexibility index (Phi) is 6.20. The molecule has 0 bridgehead atoms. The summed E-state index contributed by atoms with van der Waals surface area (Å²) in [5.41, 5.74) is 2.23. The van der Waals surface area contributed by atoms with Crippen molar-refractivity contribution in [1.82, 2.24) is 0 Å². The van der Waals surface area contributed by atoms with Crippen LogP contribution < -0.4 is 14.8 Å². The molecule has 0 saturated carbocycles. The molecule has 1 aliphatic rings. The Morgan fingerprint density at radius 2 is 1.73 bits per heavy atom. The first-order chi connectivity index (χ1) is 14.3. The molecule has 30 heavy (non-hydrogen) atoms. The normalized spacial score (nSPS) is 13.2. The Hall–Kier alpha value is -3.62. The second-order valence-electron chi connectivity index (χ2n) is 6.86. The van der Waals surface area contributed by atoms with Crippen LogP contribution in [-0.2, 0) is 22.4 Å². The number of ether oxygens (including phenoxy) is 3. The first kappa shape index (κ1) is 21.1. The summed E-state index contributed by atoms with van der Waals surface area (Å²) in [5.74, 6) is -1.32. The monoisotopic (exact) mass is 414 g/mol. The predicted molar refractivity (Wildman–Crippen MR) is 108 cm³/mol. The molecule has 0 heterocycles. The van der Waals surface area contributed by atoms with E-state index in [0.29, 0.717) is 5.69 Å². The molecule has 0 aliphatic heterocycles. The van der Waals surface area contributed by atoms with Crippen LogP contribution in [0.5, 0.6) is 11.5 Å². The molecule has 1 amide bonds. The summed E-state index contributed by atoms with van der Waals surface area (Å²) < 4.78 is 15.3. The molecule has 9 nitrogen and oxygen atoms in total. The molecular weight excluding hydrogens is 392 g/mol. The summed E-state index contributed by atoms with van der Waals surface area (Å²) in [6.45, 7) is 1.40. The Morgan fingerprint density at radius 1 is 1.07 bits per heavy atom. The predicted octanol–water partition coefficient (Wildman–Crippen LogP) is 3.28. The number of hydrogen-bond donors (Lipinski definition) is 1. The summed E-state index contributed by atoms with van der Waals surface area (Å²) in [6, 6.07) is 7.92. The van der Waals surface area contributed by atoms with Crippen molar-refractivity contribution in [1.29, 1.82) is 0 Å². The Balaban J connectivity index is 1.74. The molecule has 0 fully saturated rings. The van der Waals surface area contributed by atoms with E-state index in [1.165, 1.54) is 32.3 Å². The van der Waals surface area contributed by atoms with E-state index in [2.05, 4.69) is 5.32 Å². The summed E-state index contributed by atoms with van der Waals surface area (Å²) >= 11 is 0. The Bertz CT molecular complexity index is 1000. The fraction of sp³-hybridized carbons (Fsp3) is 0.333. The number of carbonyl (C=O) groups is 2. The number of carbonyl (C=O) groups excluding carboxylic acids is 2. The number of anilines is 1. The van der Waals surface area contributed by atoms with Gasteiger partial charge in [0.1, 0.15) is 5.56 Å². The van der Waals surface area contributed by atoms with E-state index in [0.717, 1.165) is 31.4 Å². The van der Waals surface area contributed by atoms with Crippen LogP contribution >= 0.6 is 0 Å². The maximum absolute atomic E-state index is 12.6. The molecule has 0 saturated heterocycles. The lowest BCUT2D eigenvalue weighted by Crippen LogP contribution is -2.30. The van der Waals surface area contributed by atoms with Crippen molar-refractivity contribution in [2.75, 3.05) is 19.5 Å². The number of nitro benzene ring substituents is 1. The summed E-state index contributed by atoms with van der Waals surface area (Å²) in [5, 5.41) is 14.1. The maximum Gasteiger partial charge on any atom is 0.346 e. The van der Waals surface area contributed by atoms with Crippen LogP contribution in [0.3, 0.4) is 0 Å². The third kappa shape index (κ3) is 4.35. The maximum atomic E-state index is 12.6. The van der Waals surface area contributed by atoms with Gasteiger partial charge in [-0.05, 0) is 49.4 Å². The zero-order chi connectivity index (χ0) is 21.8. The zero-order valence-corrected chi connectivity index (χ0v) is 16.9. The molecule has 1 aliphatic carbocycles. The average Bonchev–Trinajstić information content (AvgIpc) is 3.20. The van der Waals surface area contributed by atoms with Gasteiger partial charge in [0.05, 0.1) is 25.2 Å². The average molecular weight is 414 g/mol. The van der Waals surface area contributed by atoms with Crippen molar-refractivity contribution in [2.45, 2.75) is 32.3 Å². The van der Waals surface area contributed by atoms with E-state index < -0.39 is 28.6 Å². The number of benzene rings is 2. The van der Waals surface area contributed by atoms with Gasteiger partial charge in [0, 0.05) is 11.8 Å². The summed E-state index contributed by atoms with van der Waals surface area (Å²) in [6.07, 6.45) is 1.91. The molecule has 0 unspecified atom stereocenters. The number of hydrogen-bond acceptors (Lipinski definition) is 7. The van der Waals surface area contributed by atoms with Gasteiger partial charge in [-0.1, -0.05) is 6.07 Å². The summed E-state index contributed by atoms with van der Waals surface area (Å²) in [7, 11) is 2.66. The second kappa shape index (κ2) is 8.81. The van der Waals surface area contributed by atoms with E-state index in [1.54, 1.807) is 6.07 Å². The van der Waals surface area contributed by atoms with Gasteiger partial charge in [-0.2, -0.15) is 0 Å². The van der Waals surface area contributed by atoms with Crippen molar-refractivity contribution in [3.63, 3.8) is 0 Å². The van der Waals surface area contributed by atoms with Crippen LogP contribution in [0.2, 0.25) is 0 Å². The lowest BCUT2D eigenvalue weighted by atomic mass is 10.1. The van der Waals surface area contributed by atoms with Crippen molar-refractivity contribution in [3.05, 3.63) is 57.1 Å². The van der Waals surface area contributed by atoms with Crippen LogP contribution in [0, 0.1) is 10.1 Å². The van der Waals surface area contributed by atoms with Crippen molar-refractivity contribution in [2.24, 2.45) is 0 Å². The van der Waals surface area contributed by atoms with Gasteiger partial charge >= 0.3 is 5.97 Å². The van der Waals surface area contributed by atoms with E-state index in [1.807, 2.05) is 12.1 Å². The molecule has 158 valence electrons. The molecule has 0 aromatic heterocycles. The Labute approximate surface area is 173 Å². The van der Waals surface area contributed by atoms with Gasteiger partial charge in [-0.25, -0.2) is 4.79 Å². The SMILES string of the molecule is COc1cc(C(=O)O[C@@H](C)C(=O)Nc2ccc3c(c2)CCC3)c([N+](=O)[O-])cc1OC. The number of nitrogens with one attached hydrogen (secondary N) is 1. The standard InChI is InChI=1S/C21H22N2O7/c1-12(20(24)22-15-8-7-13-5-4-6-14(13)9-15)30-21(25)16-10-18(28-2)19(29-3)11-17(16)23(26)27/h7-12H,4-6H2,1-3H3,(H,22,24)/t12-/m0/s1. The van der Waals surface area contributed by atoms with E-state index in [9.17, 15) is 19.7 Å². The van der Waals surface area contributed by atoms with Gasteiger partial charge in [0.15, 0.2) is 17.6 Å². The Morgan fingerprint density at radius 3 is 2.40 bits per heavy atom. The molecule has 2 aromatic rings. The molecule has 0 radical (unpaired) electrons. The van der Waals surface area contributed by atoms with Crippen molar-refractivity contribution < 1.29 is 28.7 Å². The molecule has 9 heteroatoms. The number of rotatable bonds is 7. The lowest BCUT2D eigenvalue weighted by molar-refractivity contribution is -0.385. The third-order valence-electron chi connectivity index (χ3n) is 4.94. The van der Waals surface area contributed by atoms with Crippen LogP contribution in [-0.4, -0.2) is 37.1 Å². The highest BCUT2D eigenvalue weighted by atomic mass is 16.6. The second-order valence-corrected chi connectivity index (χ2v) is 6.86. The highest BCUT2D eigenvalue weighted by molar-refractivity contribution is 5.99. The molecular formula is C21H22N2O7. The van der Waals surface area contributed by atoms with Gasteiger partial charge in [-0.3, -0.25) is 14.9 Å². The minimum Gasteiger partial charge on any atom is -0.493 e. The highest BCUT2D eigenvalue weighted by Gasteiger charge is 2.28. The van der Waals surface area contributed by atoms with Crippen molar-refractivity contribution in [3.8, 4) is 11.5 Å². The fourth-order valence-corrected chi connectivity index (χ4v) is 3.35. The molecule has 0 spiro atoms. The largest absolute Gasteiger partial charge is 0.493 e. The minimum absolute atomic E-state index is 0.100. The molecule has 1 atom stereocenters. The number of nitro groups is 1. The van der Waals surface area contributed by atoms with Crippen LogP contribution in [0.1, 0.15) is 34.8 Å². The molecule has 1 N–H and O–H groups in total. The highest BCUT2D eigenvalue weighted by Crippen LogP contribution is 2.35. The number of methoxy groups -OCH3 is 2. The first-order valence-electron chi connectivity index (χ1n) is 9.38. The zero-order valence-electron chi connectivity index (χ0n) is 16.9. The van der Waals surface area contributed by atoms with E-state index >= 15 is 0 Å². The quantitative estimate of drug-likeness (QED) is 0.420. The van der Waals surface area contributed by atoms with Gasteiger partial charge in [0.25, 0.3) is 11.6 Å². The smallest absolute Gasteiger partial charge is 0.346 e. The van der Waals surface area contributed by atoms with E-state index in [-0.39, 0.29) is 17.1 Å². The third-order valence-corrected chi connectivity index (χ3v) is 4.94. The van der Waals surface area contributed by atoms with Crippen LogP contribution in [0.25, 0.3) is 0 Å². The molecule has 3 rings (SSSR count). The van der Waals surface area contributed by atoms with Gasteiger partial charge in [-0.15, -0.1) is 0 Å². The van der Waals surface area contributed by atoms with Gasteiger partial charge in [0.2, 0.25) is 0 Å². The number of fused-ring (bicyclic) bond motifs is 1. The summed E-state index contributed by atoms with van der Waals surface area (Å²) in [4.78, 5) is 35.7. The fourth-order valence-electron chi connectivity index (χ4n) is 3.35. The molecule has 2 aromatic carbocycles. The van der Waals surface area contributed by atoms with Crippen LogP contribution in [0.4, 0.5) is 11.4 Å².